The summed E-state index contributed by atoms with van der Waals surface area (Å²) in [5, 5.41) is 3.55. The van der Waals surface area contributed by atoms with Gasteiger partial charge in [0.1, 0.15) is 5.75 Å². The van der Waals surface area contributed by atoms with Gasteiger partial charge in [0.05, 0.1) is 22.6 Å². The highest BCUT2D eigenvalue weighted by atomic mass is 32.2. The van der Waals surface area contributed by atoms with Crippen LogP contribution in [0.1, 0.15) is 40.1 Å². The number of H-pyrrole nitrogens is 1. The first kappa shape index (κ1) is 22.4. The summed E-state index contributed by atoms with van der Waals surface area (Å²) in [4.78, 5) is 53.9. The molecule has 0 unspecified atom stereocenters. The van der Waals surface area contributed by atoms with Crippen LogP contribution in [0.25, 0.3) is 0 Å². The van der Waals surface area contributed by atoms with E-state index >= 15 is 0 Å². The Balaban J connectivity index is 1.45. The number of hydrogen-bond acceptors (Lipinski definition) is 8. The maximum absolute atomic E-state index is 13.3. The average Bonchev–Trinajstić information content (AvgIpc) is 3.20. The second-order valence-corrected chi connectivity index (χ2v) is 10.0. The lowest BCUT2D eigenvalue weighted by atomic mass is 9.68. The summed E-state index contributed by atoms with van der Waals surface area (Å²) in [6.07, 6.45) is -0.122. The Hall–Kier alpha value is -3.37. The molecule has 0 radical (unpaired) electrons. The van der Waals surface area contributed by atoms with Crippen LogP contribution in [0.15, 0.2) is 58.4 Å². The SMILES string of the molecule is CCOC(=O)c1ccc(NC(=O)C[C@@]23CSc4[nH]c(=O)sc4[C@H]2c2ccccc2OC3=O)cc1. The molecule has 3 aromatic rings. The number of aromatic amines is 1. The molecule has 10 heteroatoms. The van der Waals surface area contributed by atoms with Gasteiger partial charge in [-0.25, -0.2) is 4.79 Å². The van der Waals surface area contributed by atoms with Crippen molar-refractivity contribution in [2.75, 3.05) is 17.7 Å². The van der Waals surface area contributed by atoms with Gasteiger partial charge in [0.2, 0.25) is 5.91 Å². The molecule has 2 aromatic carbocycles. The summed E-state index contributed by atoms with van der Waals surface area (Å²) in [7, 11) is 0. The molecular weight excluding hydrogens is 476 g/mol. The predicted molar refractivity (Wildman–Crippen MR) is 128 cm³/mol. The van der Waals surface area contributed by atoms with Crippen molar-refractivity contribution in [3.05, 3.63) is 74.2 Å². The van der Waals surface area contributed by atoms with Crippen LogP contribution in [-0.4, -0.2) is 35.2 Å². The summed E-state index contributed by atoms with van der Waals surface area (Å²) in [5.41, 5.74) is 0.493. The third kappa shape index (κ3) is 3.82. The number of para-hydroxylation sites is 1. The Labute approximate surface area is 202 Å². The van der Waals surface area contributed by atoms with Gasteiger partial charge in [0.25, 0.3) is 0 Å². The first-order valence-corrected chi connectivity index (χ1v) is 12.5. The second-order valence-electron chi connectivity index (χ2n) is 8.04. The maximum Gasteiger partial charge on any atom is 0.338 e. The molecule has 0 fully saturated rings. The third-order valence-electron chi connectivity index (χ3n) is 5.93. The number of nitrogens with one attached hydrogen (secondary N) is 2. The topological polar surface area (TPSA) is 115 Å². The minimum Gasteiger partial charge on any atom is -0.462 e. The molecule has 174 valence electrons. The largest absolute Gasteiger partial charge is 0.462 e. The van der Waals surface area contributed by atoms with Crippen LogP contribution in [0.2, 0.25) is 0 Å². The first-order valence-electron chi connectivity index (χ1n) is 10.7. The normalized spacial score (nSPS) is 20.4. The van der Waals surface area contributed by atoms with E-state index in [4.69, 9.17) is 9.47 Å². The lowest BCUT2D eigenvalue weighted by Crippen LogP contribution is -2.49. The molecule has 1 aromatic heterocycles. The fourth-order valence-electron chi connectivity index (χ4n) is 4.41. The van der Waals surface area contributed by atoms with Gasteiger partial charge < -0.3 is 19.8 Å². The van der Waals surface area contributed by atoms with Crippen molar-refractivity contribution in [3.63, 3.8) is 0 Å². The minimum absolute atomic E-state index is 0.122. The van der Waals surface area contributed by atoms with Crippen LogP contribution >= 0.6 is 23.1 Å². The molecule has 5 rings (SSSR count). The molecular formula is C24H20N2O6S2. The Kier molecular flexibility index (Phi) is 5.78. The van der Waals surface area contributed by atoms with Crippen molar-refractivity contribution in [2.24, 2.45) is 5.41 Å². The van der Waals surface area contributed by atoms with Crippen molar-refractivity contribution >= 4 is 46.6 Å². The molecule has 8 nitrogen and oxygen atoms in total. The zero-order valence-electron chi connectivity index (χ0n) is 18.1. The molecule has 2 aliphatic heterocycles. The van der Waals surface area contributed by atoms with Crippen molar-refractivity contribution in [3.8, 4) is 5.75 Å². The molecule has 0 saturated carbocycles. The van der Waals surface area contributed by atoms with E-state index in [9.17, 15) is 19.2 Å². The third-order valence-corrected chi connectivity index (χ3v) is 8.27. The minimum atomic E-state index is -1.16. The van der Waals surface area contributed by atoms with E-state index < -0.39 is 23.3 Å². The average molecular weight is 497 g/mol. The lowest BCUT2D eigenvalue weighted by Gasteiger charge is -2.44. The summed E-state index contributed by atoms with van der Waals surface area (Å²) in [6.45, 7) is 2.00. The number of carbonyl (C=O) groups is 3. The summed E-state index contributed by atoms with van der Waals surface area (Å²) < 4.78 is 10.7. The Morgan fingerprint density at radius 2 is 1.94 bits per heavy atom. The quantitative estimate of drug-likeness (QED) is 0.408. The van der Waals surface area contributed by atoms with E-state index in [1.807, 2.05) is 12.1 Å². The monoisotopic (exact) mass is 496 g/mol. The molecule has 2 N–H and O–H groups in total. The van der Waals surface area contributed by atoms with E-state index in [2.05, 4.69) is 10.3 Å². The fraction of sp³-hybridized carbons (Fsp3) is 0.250. The first-order chi connectivity index (χ1) is 16.4. The number of aromatic nitrogens is 1. The molecule has 34 heavy (non-hydrogen) atoms. The van der Waals surface area contributed by atoms with Gasteiger partial charge in [-0.05, 0) is 37.3 Å². The van der Waals surface area contributed by atoms with Gasteiger partial charge in [-0.2, -0.15) is 0 Å². The molecule has 2 atom stereocenters. The van der Waals surface area contributed by atoms with Crippen molar-refractivity contribution in [1.82, 2.24) is 4.98 Å². The lowest BCUT2D eigenvalue weighted by molar-refractivity contribution is -0.149. The number of thiazole rings is 1. The van der Waals surface area contributed by atoms with Crippen LogP contribution in [0.4, 0.5) is 5.69 Å². The van der Waals surface area contributed by atoms with Crippen LogP contribution in [-0.2, 0) is 14.3 Å². The van der Waals surface area contributed by atoms with Gasteiger partial charge in [-0.15, -0.1) is 11.8 Å². The van der Waals surface area contributed by atoms with Crippen LogP contribution in [0, 0.1) is 5.41 Å². The molecule has 0 saturated heterocycles. The number of hydrogen-bond donors (Lipinski definition) is 2. The Morgan fingerprint density at radius 3 is 2.71 bits per heavy atom. The Bertz CT molecular complexity index is 1350. The zero-order valence-corrected chi connectivity index (χ0v) is 19.7. The van der Waals surface area contributed by atoms with Crippen LogP contribution < -0.4 is 14.9 Å². The molecule has 1 amide bonds. The van der Waals surface area contributed by atoms with Crippen molar-refractivity contribution < 1.29 is 23.9 Å². The Morgan fingerprint density at radius 1 is 1.18 bits per heavy atom. The van der Waals surface area contributed by atoms with Gasteiger partial charge in [-0.1, -0.05) is 29.5 Å². The standard InChI is InChI=1S/C24H20N2O6S2/c1-2-31-21(28)13-7-9-14(10-8-13)25-17(27)11-24-12-33-20-19(34-23(30)26-20)18(24)15-5-3-4-6-16(15)32-22(24)29/h3-10,18H,2,11-12H2,1H3,(H,25,27)(H,26,30)/t18-,24-/m1/s1. The van der Waals surface area contributed by atoms with Gasteiger partial charge in [-0.3, -0.25) is 14.4 Å². The fourth-order valence-corrected chi connectivity index (χ4v) is 6.96. The molecule has 0 bridgehead atoms. The number of amides is 1. The summed E-state index contributed by atoms with van der Waals surface area (Å²) >= 11 is 2.42. The highest BCUT2D eigenvalue weighted by Gasteiger charge is 2.57. The molecule has 2 aliphatic rings. The van der Waals surface area contributed by atoms with E-state index in [-0.39, 0.29) is 23.8 Å². The smallest absolute Gasteiger partial charge is 0.338 e. The zero-order chi connectivity index (χ0) is 23.9. The molecule has 0 spiro atoms. The summed E-state index contributed by atoms with van der Waals surface area (Å²) in [6, 6.07) is 13.6. The highest BCUT2D eigenvalue weighted by Crippen LogP contribution is 2.58. The van der Waals surface area contributed by atoms with Gasteiger partial charge in [0.15, 0.2) is 0 Å². The van der Waals surface area contributed by atoms with E-state index in [0.717, 1.165) is 26.8 Å². The van der Waals surface area contributed by atoms with Crippen molar-refractivity contribution in [2.45, 2.75) is 24.3 Å². The molecule has 0 aliphatic carbocycles. The number of thioether (sulfide) groups is 1. The van der Waals surface area contributed by atoms with E-state index in [0.29, 0.717) is 22.8 Å². The van der Waals surface area contributed by atoms with E-state index in [1.165, 1.54) is 11.8 Å². The number of fused-ring (bicyclic) bond motifs is 5. The van der Waals surface area contributed by atoms with Crippen molar-refractivity contribution in [1.29, 1.82) is 0 Å². The van der Waals surface area contributed by atoms with Crippen LogP contribution in [0.5, 0.6) is 5.75 Å². The highest BCUT2D eigenvalue weighted by molar-refractivity contribution is 7.99. The molecule has 3 heterocycles. The maximum atomic E-state index is 13.3. The number of benzene rings is 2. The number of ether oxygens (including phenoxy) is 2. The van der Waals surface area contributed by atoms with Gasteiger partial charge >= 0.3 is 16.8 Å². The number of anilines is 1. The van der Waals surface area contributed by atoms with Gasteiger partial charge in [0, 0.05) is 34.2 Å². The summed E-state index contributed by atoms with van der Waals surface area (Å²) in [5.74, 6) is -1.02. The number of esters is 2. The van der Waals surface area contributed by atoms with E-state index in [1.54, 1.807) is 43.3 Å². The van der Waals surface area contributed by atoms with Crippen LogP contribution in [0.3, 0.4) is 0 Å². The predicted octanol–water partition coefficient (Wildman–Crippen LogP) is 3.78. The second kappa shape index (κ2) is 8.77. The number of carbonyl (C=O) groups excluding carboxylic acids is 3. The number of rotatable bonds is 5.